The first-order valence-electron chi connectivity index (χ1n) is 14.7. The van der Waals surface area contributed by atoms with Crippen LogP contribution in [0.1, 0.15) is 50.0 Å². The lowest BCUT2D eigenvalue weighted by Crippen LogP contribution is -2.39. The third kappa shape index (κ3) is 4.26. The van der Waals surface area contributed by atoms with Gasteiger partial charge in [0.25, 0.3) is 5.56 Å². The second-order valence-corrected chi connectivity index (χ2v) is 12.0. The second kappa shape index (κ2) is 10.4. The molecule has 1 aliphatic carbocycles. The molecular weight excluding hydrogens is 553 g/mol. The average Bonchev–Trinajstić information content (AvgIpc) is 3.79. The van der Waals surface area contributed by atoms with Gasteiger partial charge in [-0.15, -0.1) is 0 Å². The Labute approximate surface area is 248 Å². The van der Waals surface area contributed by atoms with Crippen molar-refractivity contribution in [3.05, 3.63) is 82.0 Å². The van der Waals surface area contributed by atoms with Gasteiger partial charge in [-0.05, 0) is 48.8 Å². The highest BCUT2D eigenvalue weighted by Gasteiger charge is 2.36. The number of anilines is 1. The standard InChI is InChI=1S/C33H33ClFN5O2/c1-4-9-19(5-2)17-40-26(41)15-25-29-32(40)30(35)31(37-33(29)42-18-21-10-7-6-8-13-39(21)25)28-22-16-36-38(3)24(22)14-23(34)27(28)20-11-12-20/h4-5,9,14-16,20-21H,1-2,6-8,10-13,17-18H2,3H3/b19-9+. The zero-order valence-electron chi connectivity index (χ0n) is 23.7. The summed E-state index contributed by atoms with van der Waals surface area (Å²) in [5.41, 5.74) is 3.74. The summed E-state index contributed by atoms with van der Waals surface area (Å²) in [4.78, 5) is 21.1. The Balaban J connectivity index is 1.60. The molecule has 1 unspecified atom stereocenters. The minimum atomic E-state index is -0.569. The van der Waals surface area contributed by atoms with E-state index in [-0.39, 0.29) is 35.3 Å². The van der Waals surface area contributed by atoms with Gasteiger partial charge in [0.15, 0.2) is 5.82 Å². The summed E-state index contributed by atoms with van der Waals surface area (Å²) in [5, 5.41) is 6.33. The first kappa shape index (κ1) is 27.0. The number of aromatic nitrogens is 4. The van der Waals surface area contributed by atoms with Crippen molar-refractivity contribution in [2.75, 3.05) is 18.1 Å². The van der Waals surface area contributed by atoms with Gasteiger partial charge >= 0.3 is 0 Å². The van der Waals surface area contributed by atoms with E-state index in [0.717, 1.165) is 67.1 Å². The van der Waals surface area contributed by atoms with Crippen LogP contribution in [0.5, 0.6) is 5.88 Å². The first-order chi connectivity index (χ1) is 20.4. The van der Waals surface area contributed by atoms with Gasteiger partial charge in [-0.25, -0.2) is 9.37 Å². The Morgan fingerprint density at radius 1 is 1.21 bits per heavy atom. The molecule has 42 heavy (non-hydrogen) atoms. The quantitative estimate of drug-likeness (QED) is 0.227. The van der Waals surface area contributed by atoms with Crippen molar-refractivity contribution in [1.29, 1.82) is 0 Å². The van der Waals surface area contributed by atoms with Gasteiger partial charge in [0, 0.05) is 35.6 Å². The lowest BCUT2D eigenvalue weighted by molar-refractivity contribution is 0.275. The van der Waals surface area contributed by atoms with E-state index in [1.54, 1.807) is 35.2 Å². The summed E-state index contributed by atoms with van der Waals surface area (Å²) in [5.74, 6) is -0.0195. The van der Waals surface area contributed by atoms with Crippen molar-refractivity contribution >= 4 is 39.1 Å². The number of hydrogen-bond acceptors (Lipinski definition) is 5. The average molecular weight is 586 g/mol. The highest BCUT2D eigenvalue weighted by Crippen LogP contribution is 2.51. The van der Waals surface area contributed by atoms with Crippen molar-refractivity contribution in [3.8, 4) is 17.1 Å². The van der Waals surface area contributed by atoms with Crippen LogP contribution in [0.25, 0.3) is 33.1 Å². The maximum atomic E-state index is 17.4. The lowest BCUT2D eigenvalue weighted by atomic mass is 9.95. The van der Waals surface area contributed by atoms with Crippen molar-refractivity contribution < 1.29 is 9.13 Å². The molecule has 7 rings (SSSR count). The Kier molecular flexibility index (Phi) is 6.69. The van der Waals surface area contributed by atoms with Crippen LogP contribution in [-0.4, -0.2) is 38.5 Å². The molecule has 0 radical (unpaired) electrons. The topological polar surface area (TPSA) is 65.2 Å². The molecule has 7 nitrogen and oxygen atoms in total. The fourth-order valence-electron chi connectivity index (χ4n) is 6.71. The van der Waals surface area contributed by atoms with Crippen LogP contribution >= 0.6 is 11.6 Å². The number of pyridine rings is 2. The maximum absolute atomic E-state index is 17.4. The number of rotatable bonds is 6. The smallest absolute Gasteiger partial charge is 0.253 e. The maximum Gasteiger partial charge on any atom is 0.253 e. The van der Waals surface area contributed by atoms with Crippen molar-refractivity contribution in [2.24, 2.45) is 7.05 Å². The predicted octanol–water partition coefficient (Wildman–Crippen LogP) is 7.06. The number of allylic oxidation sites excluding steroid dienone is 4. The van der Waals surface area contributed by atoms with Gasteiger partial charge in [0.2, 0.25) is 5.88 Å². The fourth-order valence-corrected chi connectivity index (χ4v) is 7.06. The Hall–Kier alpha value is -3.91. The molecular formula is C33H33ClFN5O2. The molecule has 3 aromatic heterocycles. The molecule has 2 fully saturated rings. The monoisotopic (exact) mass is 585 g/mol. The Morgan fingerprint density at radius 3 is 2.81 bits per heavy atom. The van der Waals surface area contributed by atoms with Gasteiger partial charge < -0.3 is 14.2 Å². The molecule has 3 aliphatic rings. The largest absolute Gasteiger partial charge is 0.475 e. The van der Waals surface area contributed by atoms with E-state index >= 15 is 4.39 Å². The third-order valence-corrected chi connectivity index (χ3v) is 9.25. The van der Waals surface area contributed by atoms with Gasteiger partial charge in [-0.2, -0.15) is 5.10 Å². The van der Waals surface area contributed by atoms with Crippen LogP contribution in [0.15, 0.2) is 60.1 Å². The molecule has 0 spiro atoms. The number of aryl methyl sites for hydroxylation is 1. The number of fused-ring (bicyclic) bond motifs is 3. The minimum absolute atomic E-state index is 0.0780. The Morgan fingerprint density at radius 2 is 2.05 bits per heavy atom. The minimum Gasteiger partial charge on any atom is -0.475 e. The van der Waals surface area contributed by atoms with Crippen LogP contribution < -0.4 is 15.2 Å². The number of halogens is 2. The zero-order chi connectivity index (χ0) is 29.1. The van der Waals surface area contributed by atoms with E-state index < -0.39 is 5.82 Å². The first-order valence-corrected chi connectivity index (χ1v) is 15.0. The third-order valence-electron chi connectivity index (χ3n) is 8.93. The summed E-state index contributed by atoms with van der Waals surface area (Å²) in [6.45, 7) is 9.02. The van der Waals surface area contributed by atoms with E-state index in [2.05, 4.69) is 23.2 Å². The molecule has 1 saturated carbocycles. The molecule has 216 valence electrons. The van der Waals surface area contributed by atoms with E-state index in [1.807, 2.05) is 13.1 Å². The second-order valence-electron chi connectivity index (χ2n) is 11.6. The molecule has 1 saturated heterocycles. The summed E-state index contributed by atoms with van der Waals surface area (Å²) in [6.07, 6.45) is 12.9. The van der Waals surface area contributed by atoms with E-state index in [1.165, 1.54) is 4.57 Å². The molecule has 1 aromatic carbocycles. The molecule has 0 amide bonds. The van der Waals surface area contributed by atoms with Crippen LogP contribution in [0.4, 0.5) is 10.1 Å². The lowest BCUT2D eigenvalue weighted by Gasteiger charge is -2.30. The summed E-state index contributed by atoms with van der Waals surface area (Å²) < 4.78 is 27.1. The number of nitrogens with zero attached hydrogens (tertiary/aromatic N) is 5. The number of ether oxygens (including phenoxy) is 1. The van der Waals surface area contributed by atoms with Gasteiger partial charge in [0.1, 0.15) is 12.3 Å². The van der Waals surface area contributed by atoms with Gasteiger partial charge in [0.05, 0.1) is 40.9 Å². The SMILES string of the molecule is C=C/C=C(\C=C)Cn1c(=O)cc2c3c(nc(-c4c(C5CC5)c(Cl)cc5c4cnn5C)c(F)c31)OCC1CCCCCN21. The normalized spacial score (nSPS) is 18.9. The highest BCUT2D eigenvalue weighted by atomic mass is 35.5. The number of benzene rings is 1. The summed E-state index contributed by atoms with van der Waals surface area (Å²) >= 11 is 6.89. The molecule has 4 aromatic rings. The summed E-state index contributed by atoms with van der Waals surface area (Å²) in [6, 6.07) is 3.61. The molecule has 9 heteroatoms. The molecule has 0 bridgehead atoms. The van der Waals surface area contributed by atoms with E-state index in [4.69, 9.17) is 21.3 Å². The zero-order valence-corrected chi connectivity index (χ0v) is 24.5. The fraction of sp³-hybridized carbons (Fsp3) is 0.364. The summed E-state index contributed by atoms with van der Waals surface area (Å²) in [7, 11) is 1.84. The van der Waals surface area contributed by atoms with Crippen LogP contribution in [0.2, 0.25) is 5.02 Å². The van der Waals surface area contributed by atoms with Crippen LogP contribution in [0.3, 0.4) is 0 Å². The molecule has 0 N–H and O–H groups in total. The van der Waals surface area contributed by atoms with Crippen LogP contribution in [0, 0.1) is 5.82 Å². The molecule has 1 atom stereocenters. The highest BCUT2D eigenvalue weighted by molar-refractivity contribution is 6.33. The van der Waals surface area contributed by atoms with E-state index in [9.17, 15) is 4.79 Å². The van der Waals surface area contributed by atoms with Crippen molar-refractivity contribution in [2.45, 2.75) is 57.0 Å². The van der Waals surface area contributed by atoms with E-state index in [0.29, 0.717) is 34.1 Å². The number of hydrogen-bond donors (Lipinski definition) is 0. The Bertz CT molecular complexity index is 1870. The van der Waals surface area contributed by atoms with Crippen molar-refractivity contribution in [1.82, 2.24) is 19.3 Å². The van der Waals surface area contributed by atoms with Gasteiger partial charge in [-0.1, -0.05) is 55.8 Å². The molecule has 2 aliphatic heterocycles. The van der Waals surface area contributed by atoms with Crippen molar-refractivity contribution in [3.63, 3.8) is 0 Å². The molecule has 5 heterocycles. The van der Waals surface area contributed by atoms with Crippen LogP contribution in [-0.2, 0) is 13.6 Å². The van der Waals surface area contributed by atoms with Gasteiger partial charge in [-0.3, -0.25) is 9.48 Å². The predicted molar refractivity (Wildman–Crippen MR) is 166 cm³/mol.